The maximum Gasteiger partial charge on any atom is 0.331 e. The van der Waals surface area contributed by atoms with Crippen molar-refractivity contribution in [1.82, 2.24) is 15.0 Å². The van der Waals surface area contributed by atoms with Gasteiger partial charge in [-0.3, -0.25) is 0 Å². The molecule has 1 heterocycles. The Hall–Kier alpha value is -1.39. The molecule has 16 heavy (non-hydrogen) atoms. The Kier molecular flexibility index (Phi) is 2.48. The first kappa shape index (κ1) is 11.1. The van der Waals surface area contributed by atoms with E-state index >= 15 is 0 Å². The largest absolute Gasteiger partial charge is 0.479 e. The van der Waals surface area contributed by atoms with Crippen molar-refractivity contribution < 1.29 is 9.90 Å². The van der Waals surface area contributed by atoms with Gasteiger partial charge in [0.2, 0.25) is 0 Å². The molecule has 1 saturated carbocycles. The Morgan fingerprint density at radius 2 is 1.94 bits per heavy atom. The van der Waals surface area contributed by atoms with E-state index in [1.54, 1.807) is 6.20 Å². The molecule has 1 aliphatic rings. The summed E-state index contributed by atoms with van der Waals surface area (Å²) in [4.78, 5) is 11.5. The van der Waals surface area contributed by atoms with Gasteiger partial charge in [0.05, 0.1) is 6.20 Å². The van der Waals surface area contributed by atoms with E-state index in [1.807, 2.05) is 0 Å². The lowest BCUT2D eigenvalue weighted by atomic mass is 9.69. The van der Waals surface area contributed by atoms with Gasteiger partial charge in [-0.1, -0.05) is 19.1 Å². The Morgan fingerprint density at radius 3 is 2.38 bits per heavy atom. The van der Waals surface area contributed by atoms with Crippen molar-refractivity contribution in [1.29, 1.82) is 0 Å². The molecule has 1 N–H and O–H groups in total. The van der Waals surface area contributed by atoms with Crippen molar-refractivity contribution in [2.75, 3.05) is 0 Å². The van der Waals surface area contributed by atoms with Gasteiger partial charge in [0.1, 0.15) is 0 Å². The highest BCUT2D eigenvalue weighted by molar-refractivity contribution is 5.76. The molecule has 0 bridgehead atoms. The van der Waals surface area contributed by atoms with Gasteiger partial charge in [-0.15, -0.1) is 5.10 Å². The number of aromatic nitrogens is 3. The summed E-state index contributed by atoms with van der Waals surface area (Å²) in [6, 6.07) is 0. The lowest BCUT2D eigenvalue weighted by molar-refractivity contribution is -0.151. The predicted molar refractivity (Wildman–Crippen MR) is 57.9 cm³/mol. The zero-order valence-electron chi connectivity index (χ0n) is 9.68. The molecule has 1 aliphatic carbocycles. The molecule has 2 rings (SSSR count). The molecule has 0 radical (unpaired) electrons. The summed E-state index contributed by atoms with van der Waals surface area (Å²) in [6.07, 6.45) is 6.23. The Morgan fingerprint density at radius 1 is 1.31 bits per heavy atom. The molecule has 0 saturated heterocycles. The minimum atomic E-state index is -0.883. The molecule has 1 aromatic heterocycles. The van der Waals surface area contributed by atoms with Crippen LogP contribution in [0.4, 0.5) is 0 Å². The monoisotopic (exact) mass is 223 g/mol. The van der Waals surface area contributed by atoms with Gasteiger partial charge in [0.15, 0.2) is 5.54 Å². The minimum Gasteiger partial charge on any atom is -0.479 e. The summed E-state index contributed by atoms with van der Waals surface area (Å²) in [5.74, 6) is -0.798. The van der Waals surface area contributed by atoms with E-state index in [2.05, 4.69) is 24.2 Å². The second-order valence-corrected chi connectivity index (χ2v) is 5.35. The highest BCUT2D eigenvalue weighted by Gasteiger charge is 2.46. The van der Waals surface area contributed by atoms with E-state index in [1.165, 1.54) is 10.9 Å². The second-order valence-electron chi connectivity index (χ2n) is 5.35. The predicted octanol–water partition coefficient (Wildman–Crippen LogP) is 1.66. The van der Waals surface area contributed by atoms with Crippen molar-refractivity contribution in [3.05, 3.63) is 12.4 Å². The topological polar surface area (TPSA) is 68.0 Å². The third-order valence-corrected chi connectivity index (χ3v) is 3.69. The van der Waals surface area contributed by atoms with Crippen LogP contribution in [0, 0.1) is 5.41 Å². The smallest absolute Gasteiger partial charge is 0.331 e. The highest BCUT2D eigenvalue weighted by atomic mass is 16.4. The fourth-order valence-electron chi connectivity index (χ4n) is 2.32. The average molecular weight is 223 g/mol. The van der Waals surface area contributed by atoms with Crippen LogP contribution >= 0.6 is 0 Å². The second kappa shape index (κ2) is 3.57. The van der Waals surface area contributed by atoms with Crippen LogP contribution in [0.3, 0.4) is 0 Å². The zero-order chi connectivity index (χ0) is 11.8. The van der Waals surface area contributed by atoms with Crippen molar-refractivity contribution >= 4 is 5.97 Å². The first-order valence-corrected chi connectivity index (χ1v) is 5.57. The maximum absolute atomic E-state index is 11.5. The van der Waals surface area contributed by atoms with Gasteiger partial charge in [-0.05, 0) is 31.1 Å². The molecule has 1 fully saturated rings. The van der Waals surface area contributed by atoms with Crippen molar-refractivity contribution in [2.24, 2.45) is 5.41 Å². The molecule has 88 valence electrons. The van der Waals surface area contributed by atoms with Crippen molar-refractivity contribution in [3.63, 3.8) is 0 Å². The molecule has 1 aromatic rings. The maximum atomic E-state index is 11.5. The first-order chi connectivity index (χ1) is 7.46. The SMILES string of the molecule is CC1(C)CCC(C(=O)O)(n2ccnn2)CC1. The zero-order valence-corrected chi connectivity index (χ0v) is 9.68. The van der Waals surface area contributed by atoms with Crippen LogP contribution < -0.4 is 0 Å². The van der Waals surface area contributed by atoms with Gasteiger partial charge < -0.3 is 5.11 Å². The molecular weight excluding hydrogens is 206 g/mol. The average Bonchev–Trinajstić information content (AvgIpc) is 2.71. The number of carbonyl (C=O) groups is 1. The third kappa shape index (κ3) is 1.70. The van der Waals surface area contributed by atoms with Crippen LogP contribution in [0.5, 0.6) is 0 Å². The van der Waals surface area contributed by atoms with Crippen LogP contribution in [-0.2, 0) is 10.3 Å². The van der Waals surface area contributed by atoms with Crippen LogP contribution in [0.1, 0.15) is 39.5 Å². The highest BCUT2D eigenvalue weighted by Crippen LogP contribution is 2.43. The van der Waals surface area contributed by atoms with E-state index in [9.17, 15) is 9.90 Å². The summed E-state index contributed by atoms with van der Waals surface area (Å²) in [5.41, 5.74) is -0.647. The van der Waals surface area contributed by atoms with Gasteiger partial charge in [-0.25, -0.2) is 9.48 Å². The van der Waals surface area contributed by atoms with Gasteiger partial charge in [-0.2, -0.15) is 0 Å². The molecule has 0 unspecified atom stereocenters. The molecule has 5 nitrogen and oxygen atoms in total. The number of aliphatic carboxylic acids is 1. The van der Waals surface area contributed by atoms with E-state index in [0.717, 1.165) is 12.8 Å². The summed E-state index contributed by atoms with van der Waals surface area (Å²) in [5, 5.41) is 17.0. The third-order valence-electron chi connectivity index (χ3n) is 3.69. The van der Waals surface area contributed by atoms with Crippen LogP contribution in [0.15, 0.2) is 12.4 Å². The van der Waals surface area contributed by atoms with Crippen LogP contribution in [-0.4, -0.2) is 26.1 Å². The fraction of sp³-hybridized carbons (Fsp3) is 0.727. The van der Waals surface area contributed by atoms with E-state index in [4.69, 9.17) is 0 Å². The van der Waals surface area contributed by atoms with Crippen molar-refractivity contribution in [3.8, 4) is 0 Å². The Labute approximate surface area is 94.5 Å². The number of nitrogens with zero attached hydrogens (tertiary/aromatic N) is 3. The molecule has 0 amide bonds. The molecule has 0 aliphatic heterocycles. The van der Waals surface area contributed by atoms with Gasteiger partial charge in [0.25, 0.3) is 0 Å². The molecule has 0 atom stereocenters. The molecule has 0 aromatic carbocycles. The minimum absolute atomic E-state index is 0.236. The van der Waals surface area contributed by atoms with E-state index in [-0.39, 0.29) is 5.41 Å². The lowest BCUT2D eigenvalue weighted by Gasteiger charge is -2.40. The van der Waals surface area contributed by atoms with Gasteiger partial charge in [0, 0.05) is 6.20 Å². The summed E-state index contributed by atoms with van der Waals surface area (Å²) >= 11 is 0. The van der Waals surface area contributed by atoms with Crippen LogP contribution in [0.25, 0.3) is 0 Å². The molecule has 0 spiro atoms. The fourth-order valence-corrected chi connectivity index (χ4v) is 2.32. The summed E-state index contributed by atoms with van der Waals surface area (Å²) in [6.45, 7) is 4.36. The quantitative estimate of drug-likeness (QED) is 0.827. The Balaban J connectivity index is 2.30. The summed E-state index contributed by atoms with van der Waals surface area (Å²) in [7, 11) is 0. The van der Waals surface area contributed by atoms with E-state index in [0.29, 0.717) is 12.8 Å². The standard InChI is InChI=1S/C11H17N3O2/c1-10(2)3-5-11(6-4-10,9(15)16)14-8-7-12-13-14/h7-8H,3-6H2,1-2H3,(H,15,16). The Bertz CT molecular complexity index is 374. The molecular formula is C11H17N3O2. The lowest BCUT2D eigenvalue weighted by Crippen LogP contribution is -2.46. The van der Waals surface area contributed by atoms with Crippen molar-refractivity contribution in [2.45, 2.75) is 45.1 Å². The summed E-state index contributed by atoms with van der Waals surface area (Å²) < 4.78 is 1.50. The normalized spacial score (nSPS) is 22.9. The van der Waals surface area contributed by atoms with Gasteiger partial charge >= 0.3 is 5.97 Å². The number of hydrogen-bond acceptors (Lipinski definition) is 3. The molecule has 5 heteroatoms. The van der Waals surface area contributed by atoms with E-state index < -0.39 is 11.5 Å². The number of rotatable bonds is 2. The van der Waals surface area contributed by atoms with Crippen LogP contribution in [0.2, 0.25) is 0 Å². The number of hydrogen-bond donors (Lipinski definition) is 1. The number of carboxylic acid groups (broad SMARTS) is 1. The first-order valence-electron chi connectivity index (χ1n) is 5.57. The number of carboxylic acids is 1.